The monoisotopic (exact) mass is 286 g/mol. The van der Waals surface area contributed by atoms with Gasteiger partial charge in [0.1, 0.15) is 0 Å². The summed E-state index contributed by atoms with van der Waals surface area (Å²) in [5.74, 6) is 0. The summed E-state index contributed by atoms with van der Waals surface area (Å²) in [6.07, 6.45) is 0.423. The van der Waals surface area contributed by atoms with Crippen LogP contribution in [-0.4, -0.2) is 18.7 Å². The fraction of sp³-hybridized carbons (Fsp3) is 0.312. The molecule has 0 saturated carbocycles. The third-order valence-electron chi connectivity index (χ3n) is 3.29. The summed E-state index contributed by atoms with van der Waals surface area (Å²) < 4.78 is 0. The summed E-state index contributed by atoms with van der Waals surface area (Å²) in [6.45, 7) is 2.60. The van der Waals surface area contributed by atoms with Crippen LogP contribution in [0.2, 0.25) is 0 Å². The fourth-order valence-electron chi connectivity index (χ4n) is 2.15. The highest BCUT2D eigenvalue weighted by Gasteiger charge is 2.12. The van der Waals surface area contributed by atoms with Crippen molar-refractivity contribution in [1.82, 2.24) is 0 Å². The molecule has 0 radical (unpaired) electrons. The first kappa shape index (κ1) is 14.6. The van der Waals surface area contributed by atoms with Gasteiger partial charge in [0.15, 0.2) is 0 Å². The molecular weight excluding hydrogens is 268 g/mol. The largest absolute Gasteiger partial charge is 0.389 e. The van der Waals surface area contributed by atoms with Crippen LogP contribution in [-0.2, 0) is 6.42 Å². The third kappa shape index (κ3) is 3.38. The Hall–Kier alpha value is -1.83. The molecule has 20 heavy (non-hydrogen) atoms. The summed E-state index contributed by atoms with van der Waals surface area (Å²) in [4.78, 5) is 3.44. The van der Waals surface area contributed by atoms with Crippen molar-refractivity contribution in [3.63, 3.8) is 0 Å². The van der Waals surface area contributed by atoms with E-state index in [2.05, 4.69) is 28.5 Å². The summed E-state index contributed by atoms with van der Waals surface area (Å²) in [7, 11) is 2.00. The second kappa shape index (κ2) is 6.56. The number of benzene rings is 1. The van der Waals surface area contributed by atoms with Crippen LogP contribution < -0.4 is 4.90 Å². The van der Waals surface area contributed by atoms with E-state index in [0.29, 0.717) is 5.56 Å². The van der Waals surface area contributed by atoms with E-state index in [4.69, 9.17) is 5.26 Å². The van der Waals surface area contributed by atoms with Crippen LogP contribution >= 0.6 is 11.3 Å². The Kier molecular flexibility index (Phi) is 4.78. The maximum absolute atomic E-state index is 9.86. The summed E-state index contributed by atoms with van der Waals surface area (Å²) >= 11 is 1.75. The van der Waals surface area contributed by atoms with Gasteiger partial charge in [-0.15, -0.1) is 11.3 Å². The number of aliphatic hydroxyl groups is 1. The molecular formula is C16H18N2OS. The summed E-state index contributed by atoms with van der Waals surface area (Å²) in [5, 5.41) is 21.0. The van der Waals surface area contributed by atoms with Crippen molar-refractivity contribution in [3.8, 4) is 6.07 Å². The van der Waals surface area contributed by atoms with Gasteiger partial charge in [-0.05, 0) is 36.9 Å². The van der Waals surface area contributed by atoms with E-state index in [1.54, 1.807) is 24.3 Å². The molecule has 0 aliphatic rings. The molecule has 1 atom stereocenters. The Morgan fingerprint density at radius 3 is 2.80 bits per heavy atom. The number of aliphatic hydroxyl groups excluding tert-OH is 1. The molecule has 0 aliphatic carbocycles. The summed E-state index contributed by atoms with van der Waals surface area (Å²) in [6, 6.07) is 11.8. The van der Waals surface area contributed by atoms with Crippen molar-refractivity contribution < 1.29 is 5.11 Å². The van der Waals surface area contributed by atoms with Gasteiger partial charge in [-0.25, -0.2) is 0 Å². The first-order chi connectivity index (χ1) is 9.61. The normalized spacial score (nSPS) is 11.9. The van der Waals surface area contributed by atoms with Gasteiger partial charge in [-0.3, -0.25) is 0 Å². The Morgan fingerprint density at radius 1 is 1.40 bits per heavy atom. The Bertz CT molecular complexity index is 599. The summed E-state index contributed by atoms with van der Waals surface area (Å²) in [5.41, 5.74) is 2.40. The number of hydrogen-bond acceptors (Lipinski definition) is 4. The molecule has 1 N–H and O–H groups in total. The first-order valence-electron chi connectivity index (χ1n) is 6.57. The van der Waals surface area contributed by atoms with E-state index in [9.17, 15) is 5.11 Å². The molecule has 0 bridgehead atoms. The van der Waals surface area contributed by atoms with Crippen LogP contribution in [0.4, 0.5) is 5.69 Å². The highest BCUT2D eigenvalue weighted by molar-refractivity contribution is 7.09. The standard InChI is InChI=1S/C16H18N2OS/c1-12(19)15-6-5-13(11-17)10-16(15)18(2)8-7-14-4-3-9-20-14/h3-6,9-10,12,19H,7-8H2,1-2H3/t12-/m0/s1. The van der Waals surface area contributed by atoms with Crippen LogP contribution in [0.15, 0.2) is 35.7 Å². The minimum atomic E-state index is -0.540. The zero-order chi connectivity index (χ0) is 14.5. The predicted octanol–water partition coefficient (Wildman–Crippen LogP) is 3.35. The van der Waals surface area contributed by atoms with Crippen LogP contribution in [0, 0.1) is 11.3 Å². The van der Waals surface area contributed by atoms with Crippen LogP contribution in [0.5, 0.6) is 0 Å². The molecule has 0 unspecified atom stereocenters. The van der Waals surface area contributed by atoms with E-state index in [1.165, 1.54) is 4.88 Å². The molecule has 1 aromatic carbocycles. The Balaban J connectivity index is 2.18. The molecule has 0 saturated heterocycles. The molecule has 4 heteroatoms. The second-order valence-electron chi connectivity index (χ2n) is 4.81. The van der Waals surface area contributed by atoms with Gasteiger partial charge in [0.25, 0.3) is 0 Å². The SMILES string of the molecule is C[C@H](O)c1ccc(C#N)cc1N(C)CCc1cccs1. The lowest BCUT2D eigenvalue weighted by atomic mass is 10.0. The predicted molar refractivity (Wildman–Crippen MR) is 83.1 cm³/mol. The van der Waals surface area contributed by atoms with E-state index in [1.807, 2.05) is 19.2 Å². The van der Waals surface area contributed by atoms with Crippen molar-refractivity contribution in [3.05, 3.63) is 51.7 Å². The number of likely N-dealkylation sites (N-methyl/N-ethyl adjacent to an activating group) is 1. The lowest BCUT2D eigenvalue weighted by Crippen LogP contribution is -2.22. The van der Waals surface area contributed by atoms with Crippen molar-refractivity contribution in [1.29, 1.82) is 5.26 Å². The van der Waals surface area contributed by atoms with Gasteiger partial charge >= 0.3 is 0 Å². The molecule has 0 fully saturated rings. The molecule has 0 amide bonds. The number of thiophene rings is 1. The molecule has 104 valence electrons. The number of rotatable bonds is 5. The third-order valence-corrected chi connectivity index (χ3v) is 4.23. The van der Waals surface area contributed by atoms with Crippen LogP contribution in [0.3, 0.4) is 0 Å². The molecule has 2 rings (SSSR count). The first-order valence-corrected chi connectivity index (χ1v) is 7.45. The second-order valence-corrected chi connectivity index (χ2v) is 5.84. The minimum absolute atomic E-state index is 0.540. The Morgan fingerprint density at radius 2 is 2.20 bits per heavy atom. The number of hydrogen-bond donors (Lipinski definition) is 1. The van der Waals surface area contributed by atoms with Gasteiger partial charge in [0.2, 0.25) is 0 Å². The van der Waals surface area contributed by atoms with Gasteiger partial charge < -0.3 is 10.0 Å². The smallest absolute Gasteiger partial charge is 0.0992 e. The van der Waals surface area contributed by atoms with Crippen LogP contribution in [0.25, 0.3) is 0 Å². The molecule has 1 aromatic heterocycles. The van der Waals surface area contributed by atoms with Crippen molar-refractivity contribution >= 4 is 17.0 Å². The number of nitriles is 1. The molecule has 0 aliphatic heterocycles. The average Bonchev–Trinajstić information content (AvgIpc) is 2.97. The number of anilines is 1. The fourth-order valence-corrected chi connectivity index (χ4v) is 2.85. The van der Waals surface area contributed by atoms with Gasteiger partial charge in [-0.1, -0.05) is 12.1 Å². The maximum Gasteiger partial charge on any atom is 0.0992 e. The molecule has 0 spiro atoms. The number of nitrogens with zero attached hydrogens (tertiary/aromatic N) is 2. The van der Waals surface area contributed by atoms with E-state index < -0.39 is 6.10 Å². The van der Waals surface area contributed by atoms with Crippen LogP contribution in [0.1, 0.15) is 29.0 Å². The van der Waals surface area contributed by atoms with E-state index >= 15 is 0 Å². The van der Waals surface area contributed by atoms with E-state index in [0.717, 1.165) is 24.2 Å². The molecule has 1 heterocycles. The van der Waals surface area contributed by atoms with Gasteiger partial charge in [0.05, 0.1) is 17.7 Å². The molecule has 2 aromatic rings. The minimum Gasteiger partial charge on any atom is -0.389 e. The highest BCUT2D eigenvalue weighted by Crippen LogP contribution is 2.27. The maximum atomic E-state index is 9.86. The van der Waals surface area contributed by atoms with Crippen molar-refractivity contribution in [2.75, 3.05) is 18.5 Å². The van der Waals surface area contributed by atoms with Gasteiger partial charge in [0, 0.05) is 29.7 Å². The zero-order valence-corrected chi connectivity index (χ0v) is 12.5. The Labute approximate surface area is 123 Å². The topological polar surface area (TPSA) is 47.3 Å². The highest BCUT2D eigenvalue weighted by atomic mass is 32.1. The lowest BCUT2D eigenvalue weighted by molar-refractivity contribution is 0.199. The van der Waals surface area contributed by atoms with Crippen molar-refractivity contribution in [2.45, 2.75) is 19.4 Å². The van der Waals surface area contributed by atoms with Crippen molar-refractivity contribution in [2.24, 2.45) is 0 Å². The van der Waals surface area contributed by atoms with Gasteiger partial charge in [-0.2, -0.15) is 5.26 Å². The average molecular weight is 286 g/mol. The molecule has 3 nitrogen and oxygen atoms in total. The quantitative estimate of drug-likeness (QED) is 0.917. The van der Waals surface area contributed by atoms with E-state index in [-0.39, 0.29) is 0 Å². The lowest BCUT2D eigenvalue weighted by Gasteiger charge is -2.23. The zero-order valence-electron chi connectivity index (χ0n) is 11.7.